The van der Waals surface area contributed by atoms with Gasteiger partial charge in [-0.3, -0.25) is 4.79 Å². The number of carbonyl (C=O) groups excluding carboxylic acids is 2. The minimum atomic E-state index is -0.444. The number of anilines is 1. The van der Waals surface area contributed by atoms with Crippen LogP contribution in [0.4, 0.5) is 5.69 Å². The summed E-state index contributed by atoms with van der Waals surface area (Å²) in [6.45, 7) is 3.71. The van der Waals surface area contributed by atoms with Gasteiger partial charge < -0.3 is 10.1 Å². The van der Waals surface area contributed by atoms with Crippen LogP contribution >= 0.6 is 0 Å². The Morgan fingerprint density at radius 2 is 1.74 bits per heavy atom. The van der Waals surface area contributed by atoms with Crippen molar-refractivity contribution in [3.05, 3.63) is 42.5 Å². The standard InChI is InChI=1S/C19H27NO3/c1-3-4-5-6-7-8-9-10-15-18(21)20-17-14-12-11-13-16(17)19(22)23-2/h3,11-14H,1,4-10,15H2,2H3,(H,20,21). The van der Waals surface area contributed by atoms with E-state index in [1.807, 2.05) is 6.08 Å². The van der Waals surface area contributed by atoms with Crippen molar-refractivity contribution in [2.75, 3.05) is 12.4 Å². The van der Waals surface area contributed by atoms with Gasteiger partial charge in [0.2, 0.25) is 5.91 Å². The Morgan fingerprint density at radius 3 is 2.43 bits per heavy atom. The topological polar surface area (TPSA) is 55.4 Å². The summed E-state index contributed by atoms with van der Waals surface area (Å²) in [4.78, 5) is 23.6. The van der Waals surface area contributed by atoms with E-state index in [0.717, 1.165) is 25.7 Å². The van der Waals surface area contributed by atoms with Gasteiger partial charge in [-0.1, -0.05) is 43.9 Å². The number of benzene rings is 1. The van der Waals surface area contributed by atoms with Gasteiger partial charge in [-0.2, -0.15) is 0 Å². The number of allylic oxidation sites excluding steroid dienone is 1. The summed E-state index contributed by atoms with van der Waals surface area (Å²) < 4.78 is 4.72. The average molecular weight is 317 g/mol. The smallest absolute Gasteiger partial charge is 0.339 e. The number of rotatable bonds is 11. The number of para-hydroxylation sites is 1. The molecule has 0 unspecified atom stereocenters. The number of hydrogen-bond donors (Lipinski definition) is 1. The molecule has 126 valence electrons. The molecule has 1 aromatic carbocycles. The summed E-state index contributed by atoms with van der Waals surface area (Å²) in [5, 5.41) is 2.79. The van der Waals surface area contributed by atoms with Gasteiger partial charge in [0.25, 0.3) is 0 Å². The highest BCUT2D eigenvalue weighted by Gasteiger charge is 2.12. The van der Waals surface area contributed by atoms with Crippen molar-refractivity contribution < 1.29 is 14.3 Å². The van der Waals surface area contributed by atoms with Crippen LogP contribution < -0.4 is 5.32 Å². The van der Waals surface area contributed by atoms with E-state index in [9.17, 15) is 9.59 Å². The van der Waals surface area contributed by atoms with Crippen LogP contribution in [0.15, 0.2) is 36.9 Å². The fourth-order valence-electron chi connectivity index (χ4n) is 2.37. The predicted molar refractivity (Wildman–Crippen MR) is 93.5 cm³/mol. The summed E-state index contributed by atoms with van der Waals surface area (Å²) >= 11 is 0. The number of esters is 1. The zero-order valence-corrected chi connectivity index (χ0v) is 14.0. The van der Waals surface area contributed by atoms with E-state index < -0.39 is 5.97 Å². The first-order chi connectivity index (χ1) is 11.2. The van der Waals surface area contributed by atoms with Gasteiger partial charge in [0.1, 0.15) is 0 Å². The number of methoxy groups -OCH3 is 1. The molecule has 1 rings (SSSR count). The number of carbonyl (C=O) groups is 2. The lowest BCUT2D eigenvalue weighted by molar-refractivity contribution is -0.116. The molecular weight excluding hydrogens is 290 g/mol. The zero-order valence-electron chi connectivity index (χ0n) is 14.0. The third kappa shape index (κ3) is 7.63. The third-order valence-electron chi connectivity index (χ3n) is 3.67. The normalized spacial score (nSPS) is 10.1. The molecule has 4 nitrogen and oxygen atoms in total. The van der Waals surface area contributed by atoms with Gasteiger partial charge in [0.15, 0.2) is 0 Å². The lowest BCUT2D eigenvalue weighted by Crippen LogP contribution is -2.14. The summed E-state index contributed by atoms with van der Waals surface area (Å²) in [5.41, 5.74) is 0.888. The third-order valence-corrected chi connectivity index (χ3v) is 3.67. The van der Waals surface area contributed by atoms with Crippen molar-refractivity contribution in [1.29, 1.82) is 0 Å². The molecular formula is C19H27NO3. The predicted octanol–water partition coefficient (Wildman–Crippen LogP) is 4.72. The molecule has 23 heavy (non-hydrogen) atoms. The van der Waals surface area contributed by atoms with Crippen molar-refractivity contribution in [1.82, 2.24) is 0 Å². The summed E-state index contributed by atoms with van der Waals surface area (Å²) in [6.07, 6.45) is 10.2. The first kappa shape index (κ1) is 18.9. The van der Waals surface area contributed by atoms with Gasteiger partial charge in [0.05, 0.1) is 18.4 Å². The largest absolute Gasteiger partial charge is 0.465 e. The molecule has 0 aliphatic rings. The highest BCUT2D eigenvalue weighted by molar-refractivity contribution is 6.01. The monoisotopic (exact) mass is 317 g/mol. The molecule has 0 aliphatic heterocycles. The molecule has 0 aromatic heterocycles. The Hall–Kier alpha value is -2.10. The highest BCUT2D eigenvalue weighted by Crippen LogP contribution is 2.17. The van der Waals surface area contributed by atoms with Gasteiger partial charge >= 0.3 is 5.97 Å². The van der Waals surface area contributed by atoms with Gasteiger partial charge in [0, 0.05) is 6.42 Å². The zero-order chi connectivity index (χ0) is 16.9. The van der Waals surface area contributed by atoms with Gasteiger partial charge in [-0.15, -0.1) is 6.58 Å². The van der Waals surface area contributed by atoms with Gasteiger partial charge in [-0.25, -0.2) is 4.79 Å². The minimum absolute atomic E-state index is 0.0620. The second-order valence-corrected chi connectivity index (χ2v) is 5.53. The Morgan fingerprint density at radius 1 is 1.09 bits per heavy atom. The van der Waals surface area contributed by atoms with Crippen LogP contribution in [0.3, 0.4) is 0 Å². The van der Waals surface area contributed by atoms with Crippen molar-refractivity contribution in [3.63, 3.8) is 0 Å². The molecule has 0 saturated heterocycles. The quantitative estimate of drug-likeness (QED) is 0.365. The van der Waals surface area contributed by atoms with E-state index in [4.69, 9.17) is 4.74 Å². The number of ether oxygens (including phenoxy) is 1. The first-order valence-corrected chi connectivity index (χ1v) is 8.27. The maximum atomic E-state index is 12.0. The second-order valence-electron chi connectivity index (χ2n) is 5.53. The van der Waals surface area contributed by atoms with E-state index in [1.165, 1.54) is 26.4 Å². The first-order valence-electron chi connectivity index (χ1n) is 8.27. The van der Waals surface area contributed by atoms with Crippen molar-refractivity contribution >= 4 is 17.6 Å². The maximum absolute atomic E-state index is 12.0. The molecule has 0 radical (unpaired) electrons. The molecule has 0 fully saturated rings. The molecule has 0 heterocycles. The number of nitrogens with one attached hydrogen (secondary N) is 1. The highest BCUT2D eigenvalue weighted by atomic mass is 16.5. The molecule has 0 bridgehead atoms. The van der Waals surface area contributed by atoms with Crippen molar-refractivity contribution in [3.8, 4) is 0 Å². The number of unbranched alkanes of at least 4 members (excludes halogenated alkanes) is 6. The molecule has 0 saturated carbocycles. The molecule has 4 heteroatoms. The Labute approximate surface area is 138 Å². The SMILES string of the molecule is C=CCCCCCCCCC(=O)Nc1ccccc1C(=O)OC. The summed E-state index contributed by atoms with van der Waals surface area (Å²) in [7, 11) is 1.33. The van der Waals surface area contributed by atoms with Crippen LogP contribution in [0, 0.1) is 0 Å². The Balaban J connectivity index is 2.27. The fourth-order valence-corrected chi connectivity index (χ4v) is 2.37. The van der Waals surface area contributed by atoms with Crippen molar-refractivity contribution in [2.45, 2.75) is 51.4 Å². The molecule has 0 spiro atoms. The van der Waals surface area contributed by atoms with E-state index in [0.29, 0.717) is 17.7 Å². The second kappa shape index (κ2) is 11.5. The van der Waals surface area contributed by atoms with Crippen LogP contribution in [-0.2, 0) is 9.53 Å². The van der Waals surface area contributed by atoms with E-state index in [-0.39, 0.29) is 5.91 Å². The van der Waals surface area contributed by atoms with Crippen LogP contribution in [0.5, 0.6) is 0 Å². The molecule has 1 amide bonds. The minimum Gasteiger partial charge on any atom is -0.465 e. The van der Waals surface area contributed by atoms with Crippen LogP contribution in [-0.4, -0.2) is 19.0 Å². The number of hydrogen-bond acceptors (Lipinski definition) is 3. The van der Waals surface area contributed by atoms with E-state index >= 15 is 0 Å². The van der Waals surface area contributed by atoms with Gasteiger partial charge in [-0.05, 0) is 31.4 Å². The maximum Gasteiger partial charge on any atom is 0.339 e. The van der Waals surface area contributed by atoms with Crippen LogP contribution in [0.1, 0.15) is 61.7 Å². The average Bonchev–Trinajstić information content (AvgIpc) is 2.57. The van der Waals surface area contributed by atoms with E-state index in [2.05, 4.69) is 11.9 Å². The summed E-state index contributed by atoms with van der Waals surface area (Å²) in [6, 6.07) is 6.88. The Kier molecular flexibility index (Phi) is 9.45. The van der Waals surface area contributed by atoms with Crippen LogP contribution in [0.25, 0.3) is 0 Å². The molecule has 0 atom stereocenters. The molecule has 1 aromatic rings. The summed E-state index contributed by atoms with van der Waals surface area (Å²) in [5.74, 6) is -0.506. The lowest BCUT2D eigenvalue weighted by Gasteiger charge is -2.09. The van der Waals surface area contributed by atoms with E-state index in [1.54, 1.807) is 24.3 Å². The lowest BCUT2D eigenvalue weighted by atomic mass is 10.1. The van der Waals surface area contributed by atoms with Crippen molar-refractivity contribution in [2.24, 2.45) is 0 Å². The molecule has 1 N–H and O–H groups in total. The fraction of sp³-hybridized carbons (Fsp3) is 0.474. The Bertz CT molecular complexity index is 511. The molecule has 0 aliphatic carbocycles. The van der Waals surface area contributed by atoms with Crippen LogP contribution in [0.2, 0.25) is 0 Å². The number of amides is 1.